The van der Waals surface area contributed by atoms with Crippen LogP contribution in [0.25, 0.3) is 11.0 Å². The third-order valence-electron chi connectivity index (χ3n) is 3.67. The van der Waals surface area contributed by atoms with Crippen molar-refractivity contribution in [3.8, 4) is 0 Å². The molecule has 0 spiro atoms. The first kappa shape index (κ1) is 11.3. The molecule has 2 N–H and O–H groups in total. The van der Waals surface area contributed by atoms with E-state index < -0.39 is 0 Å². The van der Waals surface area contributed by atoms with Crippen LogP contribution in [-0.4, -0.2) is 9.55 Å². The van der Waals surface area contributed by atoms with Crippen molar-refractivity contribution >= 4 is 17.0 Å². The predicted octanol–water partition coefficient (Wildman–Crippen LogP) is 3.07. The molecule has 1 aliphatic carbocycles. The monoisotopic (exact) mass is 241 g/mol. The van der Waals surface area contributed by atoms with Crippen molar-refractivity contribution in [2.24, 2.45) is 0 Å². The van der Waals surface area contributed by atoms with E-state index in [1.807, 2.05) is 6.92 Å². The molecule has 2 aromatic rings. The third-order valence-corrected chi connectivity index (χ3v) is 3.67. The highest BCUT2D eigenvalue weighted by molar-refractivity contribution is 5.80. The van der Waals surface area contributed by atoms with Crippen LogP contribution in [0.1, 0.15) is 30.9 Å². The van der Waals surface area contributed by atoms with Crippen LogP contribution in [0.4, 0.5) is 5.95 Å². The zero-order valence-corrected chi connectivity index (χ0v) is 10.9. The van der Waals surface area contributed by atoms with Gasteiger partial charge in [-0.2, -0.15) is 0 Å². The number of imidazole rings is 1. The van der Waals surface area contributed by atoms with E-state index in [0.29, 0.717) is 5.95 Å². The van der Waals surface area contributed by atoms with Gasteiger partial charge in [0.05, 0.1) is 11.0 Å². The Bertz CT molecular complexity index is 622. The molecule has 1 heterocycles. The van der Waals surface area contributed by atoms with Crippen molar-refractivity contribution in [2.75, 3.05) is 5.73 Å². The standard InChI is InChI=1S/C15H19N3/c1-10(2)9-18-14-8-12-6-4-3-5-11(12)7-13(14)17-15(18)16/h7-8H,1,3-6,9H2,2H3,(H2,16,17). The van der Waals surface area contributed by atoms with Crippen LogP contribution < -0.4 is 5.73 Å². The van der Waals surface area contributed by atoms with Crippen molar-refractivity contribution in [3.63, 3.8) is 0 Å². The highest BCUT2D eigenvalue weighted by atomic mass is 15.1. The number of hydrogen-bond acceptors (Lipinski definition) is 2. The molecule has 1 aromatic carbocycles. The Balaban J connectivity index is 2.18. The first-order valence-electron chi connectivity index (χ1n) is 6.57. The first-order valence-corrected chi connectivity index (χ1v) is 6.57. The Morgan fingerprint density at radius 2 is 2.00 bits per heavy atom. The fraction of sp³-hybridized carbons (Fsp3) is 0.400. The normalized spacial score (nSPS) is 14.7. The Labute approximate surface area is 107 Å². The minimum atomic E-state index is 0.593. The van der Waals surface area contributed by atoms with Crippen LogP contribution in [-0.2, 0) is 19.4 Å². The molecule has 0 fully saturated rings. The predicted molar refractivity (Wildman–Crippen MR) is 75.6 cm³/mol. The highest BCUT2D eigenvalue weighted by Gasteiger charge is 2.14. The van der Waals surface area contributed by atoms with Gasteiger partial charge in [-0.1, -0.05) is 12.2 Å². The minimum absolute atomic E-state index is 0.593. The SMILES string of the molecule is C=C(C)Cn1c(N)nc2cc3c(cc21)CCCC3. The fourth-order valence-corrected chi connectivity index (χ4v) is 2.81. The van der Waals surface area contributed by atoms with Crippen molar-refractivity contribution < 1.29 is 0 Å². The number of anilines is 1. The second-order valence-corrected chi connectivity index (χ2v) is 5.33. The molecule has 0 atom stereocenters. The van der Waals surface area contributed by atoms with Gasteiger partial charge in [-0.05, 0) is 55.9 Å². The van der Waals surface area contributed by atoms with Gasteiger partial charge in [0, 0.05) is 6.54 Å². The van der Waals surface area contributed by atoms with Gasteiger partial charge in [0.15, 0.2) is 0 Å². The van der Waals surface area contributed by atoms with E-state index >= 15 is 0 Å². The summed E-state index contributed by atoms with van der Waals surface area (Å²) in [5.41, 5.74) is 12.2. The van der Waals surface area contributed by atoms with Gasteiger partial charge in [-0.25, -0.2) is 4.98 Å². The molecule has 0 saturated carbocycles. The van der Waals surface area contributed by atoms with E-state index in [9.17, 15) is 0 Å². The van der Waals surface area contributed by atoms with Gasteiger partial charge >= 0.3 is 0 Å². The molecule has 3 rings (SSSR count). The maximum atomic E-state index is 6.01. The smallest absolute Gasteiger partial charge is 0.201 e. The molecule has 3 heteroatoms. The zero-order valence-electron chi connectivity index (χ0n) is 10.9. The highest BCUT2D eigenvalue weighted by Crippen LogP contribution is 2.28. The molecule has 3 nitrogen and oxygen atoms in total. The topological polar surface area (TPSA) is 43.8 Å². The number of nitrogen functional groups attached to an aromatic ring is 1. The summed E-state index contributed by atoms with van der Waals surface area (Å²) in [4.78, 5) is 4.47. The van der Waals surface area contributed by atoms with Crippen LogP contribution in [0.2, 0.25) is 0 Å². The summed E-state index contributed by atoms with van der Waals surface area (Å²) in [7, 11) is 0. The quantitative estimate of drug-likeness (QED) is 0.821. The van der Waals surface area contributed by atoms with E-state index in [2.05, 4.69) is 28.3 Å². The lowest BCUT2D eigenvalue weighted by Crippen LogP contribution is -2.05. The Kier molecular flexibility index (Phi) is 2.62. The zero-order chi connectivity index (χ0) is 12.7. The van der Waals surface area contributed by atoms with Gasteiger partial charge in [-0.15, -0.1) is 0 Å². The van der Waals surface area contributed by atoms with Gasteiger partial charge in [0.25, 0.3) is 0 Å². The lowest BCUT2D eigenvalue weighted by atomic mass is 9.91. The van der Waals surface area contributed by atoms with E-state index in [0.717, 1.165) is 23.2 Å². The second kappa shape index (κ2) is 4.16. The summed E-state index contributed by atoms with van der Waals surface area (Å²) in [6, 6.07) is 4.49. The number of hydrogen-bond donors (Lipinski definition) is 1. The van der Waals surface area contributed by atoms with Crippen molar-refractivity contribution in [3.05, 3.63) is 35.4 Å². The number of benzene rings is 1. The Hall–Kier alpha value is -1.77. The van der Waals surface area contributed by atoms with Crippen LogP contribution >= 0.6 is 0 Å². The molecule has 18 heavy (non-hydrogen) atoms. The summed E-state index contributed by atoms with van der Waals surface area (Å²) in [5, 5.41) is 0. The summed E-state index contributed by atoms with van der Waals surface area (Å²) in [6.07, 6.45) is 4.95. The van der Waals surface area contributed by atoms with Crippen LogP contribution in [0.15, 0.2) is 24.3 Å². The number of aryl methyl sites for hydroxylation is 2. The van der Waals surface area contributed by atoms with Crippen molar-refractivity contribution in [1.29, 1.82) is 0 Å². The molecule has 0 unspecified atom stereocenters. The number of fused-ring (bicyclic) bond motifs is 2. The molecule has 0 aliphatic heterocycles. The molecular weight excluding hydrogens is 222 g/mol. The molecular formula is C15H19N3. The molecule has 0 saturated heterocycles. The first-order chi connectivity index (χ1) is 8.65. The van der Waals surface area contributed by atoms with Crippen molar-refractivity contribution in [2.45, 2.75) is 39.2 Å². The average Bonchev–Trinajstić information content (AvgIpc) is 2.62. The van der Waals surface area contributed by atoms with E-state index in [4.69, 9.17) is 5.73 Å². The lowest BCUT2D eigenvalue weighted by Gasteiger charge is -2.15. The van der Waals surface area contributed by atoms with Gasteiger partial charge in [0.2, 0.25) is 5.95 Å². The number of rotatable bonds is 2. The third kappa shape index (κ3) is 1.80. The summed E-state index contributed by atoms with van der Waals surface area (Å²) >= 11 is 0. The molecule has 1 aromatic heterocycles. The number of nitrogens with zero attached hydrogens (tertiary/aromatic N) is 2. The molecule has 0 bridgehead atoms. The molecule has 94 valence electrons. The molecule has 0 amide bonds. The Morgan fingerprint density at radius 1 is 1.33 bits per heavy atom. The number of nitrogens with two attached hydrogens (primary N) is 1. The lowest BCUT2D eigenvalue weighted by molar-refractivity contribution is 0.686. The summed E-state index contributed by atoms with van der Waals surface area (Å²) in [6.45, 7) is 6.73. The molecule has 0 radical (unpaired) electrons. The molecule has 1 aliphatic rings. The largest absolute Gasteiger partial charge is 0.369 e. The van der Waals surface area contributed by atoms with Gasteiger partial charge in [-0.3, -0.25) is 0 Å². The van der Waals surface area contributed by atoms with Crippen LogP contribution in [0.5, 0.6) is 0 Å². The number of allylic oxidation sites excluding steroid dienone is 1. The Morgan fingerprint density at radius 3 is 2.67 bits per heavy atom. The van der Waals surface area contributed by atoms with Crippen LogP contribution in [0.3, 0.4) is 0 Å². The summed E-state index contributed by atoms with van der Waals surface area (Å²) in [5.74, 6) is 0.593. The average molecular weight is 241 g/mol. The maximum Gasteiger partial charge on any atom is 0.201 e. The number of aromatic nitrogens is 2. The van der Waals surface area contributed by atoms with E-state index in [1.165, 1.54) is 36.8 Å². The van der Waals surface area contributed by atoms with Gasteiger partial charge < -0.3 is 10.3 Å². The van der Waals surface area contributed by atoms with E-state index in [1.54, 1.807) is 0 Å². The van der Waals surface area contributed by atoms with Gasteiger partial charge in [0.1, 0.15) is 0 Å². The van der Waals surface area contributed by atoms with Crippen molar-refractivity contribution in [1.82, 2.24) is 9.55 Å². The second-order valence-electron chi connectivity index (χ2n) is 5.33. The maximum absolute atomic E-state index is 6.01. The fourth-order valence-electron chi connectivity index (χ4n) is 2.81. The van der Waals surface area contributed by atoms with E-state index in [-0.39, 0.29) is 0 Å². The van der Waals surface area contributed by atoms with Crippen LogP contribution in [0, 0.1) is 0 Å². The summed E-state index contributed by atoms with van der Waals surface area (Å²) < 4.78 is 2.06. The minimum Gasteiger partial charge on any atom is -0.369 e.